The Hall–Kier alpha value is -4.04. The number of rotatable bonds is 7. The molecule has 8 heteroatoms. The van der Waals surface area contributed by atoms with E-state index >= 15 is 0 Å². The highest BCUT2D eigenvalue weighted by Gasteiger charge is 2.36. The second-order valence-electron chi connectivity index (χ2n) is 7.47. The minimum atomic E-state index is -0.381. The van der Waals surface area contributed by atoms with Crippen molar-refractivity contribution in [2.75, 3.05) is 23.9 Å². The maximum Gasteiger partial charge on any atom is 0.298 e. The molecule has 7 nitrogen and oxygen atoms in total. The third-order valence-electron chi connectivity index (χ3n) is 4.95. The van der Waals surface area contributed by atoms with Gasteiger partial charge in [0.2, 0.25) is 0 Å². The number of nitrogens with zero attached hydrogens (tertiary/aromatic N) is 1. The van der Waals surface area contributed by atoms with Crippen molar-refractivity contribution in [3.63, 3.8) is 0 Å². The molecule has 0 radical (unpaired) electrons. The molecular formula is C26H22N2O5S. The van der Waals surface area contributed by atoms with E-state index in [1.807, 2.05) is 31.2 Å². The second-order valence-corrected chi connectivity index (χ2v) is 8.46. The molecule has 0 unspecified atom stereocenters. The Morgan fingerprint density at radius 3 is 2.53 bits per heavy atom. The molecule has 4 rings (SSSR count). The van der Waals surface area contributed by atoms with Crippen LogP contribution in [0.5, 0.6) is 11.5 Å². The maximum absolute atomic E-state index is 12.8. The fraction of sp³-hybridized carbons (Fsp3) is 0.115. The molecule has 0 saturated carbocycles. The van der Waals surface area contributed by atoms with E-state index in [0.717, 1.165) is 22.2 Å². The quantitative estimate of drug-likeness (QED) is 0.470. The zero-order chi connectivity index (χ0) is 24.1. The number of amides is 3. The molecule has 0 atom stereocenters. The van der Waals surface area contributed by atoms with Crippen molar-refractivity contribution in [2.24, 2.45) is 0 Å². The molecule has 34 heavy (non-hydrogen) atoms. The number of nitrogens with one attached hydrogen (secondary N) is 1. The van der Waals surface area contributed by atoms with Crippen LogP contribution in [0.1, 0.15) is 11.1 Å². The smallest absolute Gasteiger partial charge is 0.298 e. The standard InChI is InChI=1S/C26H22N2O5S/c1-17-7-6-8-19(13-17)27-24(29)16-33-21-12-11-18(14-22(21)32-2)15-23-25(30)28(26(31)34-23)20-9-4-3-5-10-20/h3-15H,16H2,1-2H3,(H,27,29)/b23-15-. The lowest BCUT2D eigenvalue weighted by atomic mass is 10.2. The van der Waals surface area contributed by atoms with Crippen molar-refractivity contribution in [3.8, 4) is 11.5 Å². The SMILES string of the molecule is COc1cc(/C=C2\SC(=O)N(c3ccccc3)C2=O)ccc1OCC(=O)Nc1cccc(C)c1. The maximum atomic E-state index is 12.8. The third kappa shape index (κ3) is 5.29. The first-order valence-corrected chi connectivity index (χ1v) is 11.3. The summed E-state index contributed by atoms with van der Waals surface area (Å²) < 4.78 is 11.0. The number of carbonyl (C=O) groups is 3. The van der Waals surface area contributed by atoms with Gasteiger partial charge in [-0.25, -0.2) is 4.90 Å². The van der Waals surface area contributed by atoms with Crippen LogP contribution >= 0.6 is 11.8 Å². The average Bonchev–Trinajstić information content (AvgIpc) is 3.11. The van der Waals surface area contributed by atoms with Gasteiger partial charge in [-0.2, -0.15) is 0 Å². The van der Waals surface area contributed by atoms with E-state index in [2.05, 4.69) is 5.32 Å². The molecule has 1 aliphatic rings. The minimum Gasteiger partial charge on any atom is -0.493 e. The summed E-state index contributed by atoms with van der Waals surface area (Å²) in [4.78, 5) is 38.9. The summed E-state index contributed by atoms with van der Waals surface area (Å²) in [7, 11) is 1.49. The summed E-state index contributed by atoms with van der Waals surface area (Å²) >= 11 is 0.879. The van der Waals surface area contributed by atoms with Gasteiger partial charge >= 0.3 is 0 Å². The highest BCUT2D eigenvalue weighted by atomic mass is 32.2. The number of hydrogen-bond acceptors (Lipinski definition) is 6. The molecule has 3 aromatic carbocycles. The predicted molar refractivity (Wildman–Crippen MR) is 133 cm³/mol. The molecular weight excluding hydrogens is 452 g/mol. The second kappa shape index (κ2) is 10.3. The molecule has 1 aliphatic heterocycles. The molecule has 0 aromatic heterocycles. The molecule has 0 spiro atoms. The normalized spacial score (nSPS) is 14.4. The van der Waals surface area contributed by atoms with Gasteiger partial charge in [-0.3, -0.25) is 14.4 Å². The zero-order valence-electron chi connectivity index (χ0n) is 18.6. The van der Waals surface area contributed by atoms with Crippen molar-refractivity contribution in [1.29, 1.82) is 0 Å². The lowest BCUT2D eigenvalue weighted by molar-refractivity contribution is -0.118. The molecule has 1 saturated heterocycles. The molecule has 1 heterocycles. The summed E-state index contributed by atoms with van der Waals surface area (Å²) in [6.07, 6.45) is 1.63. The number of aryl methyl sites for hydroxylation is 1. The number of anilines is 2. The van der Waals surface area contributed by atoms with Crippen LogP contribution in [-0.2, 0) is 9.59 Å². The summed E-state index contributed by atoms with van der Waals surface area (Å²) in [5.74, 6) is 0.107. The fourth-order valence-corrected chi connectivity index (χ4v) is 4.22. The number of imide groups is 1. The van der Waals surface area contributed by atoms with Gasteiger partial charge in [0.05, 0.1) is 17.7 Å². The third-order valence-corrected chi connectivity index (χ3v) is 5.82. The van der Waals surface area contributed by atoms with Crippen LogP contribution in [0.25, 0.3) is 6.08 Å². The Balaban J connectivity index is 1.45. The number of benzene rings is 3. The fourth-order valence-electron chi connectivity index (χ4n) is 3.38. The molecule has 172 valence electrons. The van der Waals surface area contributed by atoms with Crippen LogP contribution in [0.4, 0.5) is 16.2 Å². The van der Waals surface area contributed by atoms with Crippen LogP contribution < -0.4 is 19.7 Å². The summed E-state index contributed by atoms with van der Waals surface area (Å²) in [5, 5.41) is 2.43. The Morgan fingerprint density at radius 1 is 1.00 bits per heavy atom. The summed E-state index contributed by atoms with van der Waals surface area (Å²) in [6.45, 7) is 1.75. The average molecular weight is 475 g/mol. The minimum absolute atomic E-state index is 0.195. The van der Waals surface area contributed by atoms with Crippen LogP contribution in [0, 0.1) is 6.92 Å². The van der Waals surface area contributed by atoms with Crippen molar-refractivity contribution in [2.45, 2.75) is 6.92 Å². The number of para-hydroxylation sites is 1. The number of methoxy groups -OCH3 is 1. The highest BCUT2D eigenvalue weighted by Crippen LogP contribution is 2.36. The Kier molecular flexibility index (Phi) is 6.98. The van der Waals surface area contributed by atoms with Gasteiger partial charge in [0.1, 0.15) is 0 Å². The van der Waals surface area contributed by atoms with Gasteiger partial charge in [0, 0.05) is 5.69 Å². The predicted octanol–water partition coefficient (Wildman–Crippen LogP) is 5.26. The van der Waals surface area contributed by atoms with Gasteiger partial charge in [-0.15, -0.1) is 0 Å². The summed E-state index contributed by atoms with van der Waals surface area (Å²) in [6, 6.07) is 21.3. The van der Waals surface area contributed by atoms with E-state index in [1.54, 1.807) is 54.6 Å². The molecule has 3 amide bonds. The molecule has 1 N–H and O–H groups in total. The van der Waals surface area contributed by atoms with Crippen molar-refractivity contribution >= 4 is 46.3 Å². The topological polar surface area (TPSA) is 84.9 Å². The van der Waals surface area contributed by atoms with E-state index in [0.29, 0.717) is 33.3 Å². The van der Waals surface area contributed by atoms with Gasteiger partial charge in [0.15, 0.2) is 18.1 Å². The summed E-state index contributed by atoms with van der Waals surface area (Å²) in [5.41, 5.74) is 2.92. The Bertz CT molecular complexity index is 1270. The number of thioether (sulfide) groups is 1. The van der Waals surface area contributed by atoms with Crippen molar-refractivity contribution in [3.05, 3.63) is 88.8 Å². The Morgan fingerprint density at radius 2 is 1.79 bits per heavy atom. The first-order valence-electron chi connectivity index (χ1n) is 10.4. The van der Waals surface area contributed by atoms with Gasteiger partial charge < -0.3 is 14.8 Å². The molecule has 1 fully saturated rings. The van der Waals surface area contributed by atoms with E-state index in [1.165, 1.54) is 7.11 Å². The first kappa shape index (κ1) is 23.1. The lowest BCUT2D eigenvalue weighted by Crippen LogP contribution is -2.27. The largest absolute Gasteiger partial charge is 0.493 e. The monoisotopic (exact) mass is 474 g/mol. The molecule has 0 bridgehead atoms. The van der Waals surface area contributed by atoms with Gasteiger partial charge in [0.25, 0.3) is 17.1 Å². The highest BCUT2D eigenvalue weighted by molar-refractivity contribution is 8.19. The number of carbonyl (C=O) groups excluding carboxylic acids is 3. The Labute approximate surface area is 201 Å². The number of ether oxygens (including phenoxy) is 2. The number of hydrogen-bond donors (Lipinski definition) is 1. The molecule has 3 aromatic rings. The van der Waals surface area contributed by atoms with Crippen molar-refractivity contribution < 1.29 is 23.9 Å². The van der Waals surface area contributed by atoms with Crippen LogP contribution in [0.3, 0.4) is 0 Å². The van der Waals surface area contributed by atoms with Crippen molar-refractivity contribution in [1.82, 2.24) is 0 Å². The van der Waals surface area contributed by atoms with Crippen LogP contribution in [-0.4, -0.2) is 30.8 Å². The van der Waals surface area contributed by atoms with E-state index in [9.17, 15) is 14.4 Å². The van der Waals surface area contributed by atoms with Gasteiger partial charge in [-0.05, 0) is 72.3 Å². The van der Waals surface area contributed by atoms with E-state index < -0.39 is 0 Å². The van der Waals surface area contributed by atoms with Crippen LogP contribution in [0.2, 0.25) is 0 Å². The lowest BCUT2D eigenvalue weighted by Gasteiger charge is -2.12. The first-order chi connectivity index (χ1) is 16.4. The van der Waals surface area contributed by atoms with Gasteiger partial charge in [-0.1, -0.05) is 36.4 Å². The van der Waals surface area contributed by atoms with Crippen LogP contribution in [0.15, 0.2) is 77.7 Å². The molecule has 0 aliphatic carbocycles. The zero-order valence-corrected chi connectivity index (χ0v) is 19.4. The van der Waals surface area contributed by atoms with E-state index in [-0.39, 0.29) is 23.7 Å². The van der Waals surface area contributed by atoms with E-state index in [4.69, 9.17) is 9.47 Å².